The highest BCUT2D eigenvalue weighted by Crippen LogP contribution is 2.27. The summed E-state index contributed by atoms with van der Waals surface area (Å²) in [5.74, 6) is 1.15. The third-order valence-electron chi connectivity index (χ3n) is 1.69. The molecule has 0 unspecified atom stereocenters. The summed E-state index contributed by atoms with van der Waals surface area (Å²) in [6.07, 6.45) is 1.19. The van der Waals surface area contributed by atoms with Gasteiger partial charge < -0.3 is 8.85 Å². The van der Waals surface area contributed by atoms with E-state index < -0.39 is 7.71 Å². The Labute approximate surface area is 87.3 Å². The molecule has 0 aliphatic heterocycles. The van der Waals surface area contributed by atoms with Crippen LogP contribution >= 0.6 is 11.2 Å². The lowest BCUT2D eigenvalue weighted by Crippen LogP contribution is -2.38. The van der Waals surface area contributed by atoms with Gasteiger partial charge in [-0.1, -0.05) is 13.8 Å². The predicted molar refractivity (Wildman–Crippen MR) is 62.2 cm³/mol. The third-order valence-corrected chi connectivity index (χ3v) is 8.57. The van der Waals surface area contributed by atoms with E-state index in [2.05, 4.69) is 13.8 Å². The van der Waals surface area contributed by atoms with E-state index in [-0.39, 0.29) is 0 Å². The average molecular weight is 222 g/mol. The van der Waals surface area contributed by atoms with Gasteiger partial charge in [0, 0.05) is 13.2 Å². The van der Waals surface area contributed by atoms with Gasteiger partial charge in [0.05, 0.1) is 0 Å². The molecule has 0 fully saturated rings. The number of rotatable bonds is 8. The quantitative estimate of drug-likeness (QED) is 0.588. The molecule has 80 valence electrons. The van der Waals surface area contributed by atoms with Gasteiger partial charge in [0.2, 0.25) is 0 Å². The van der Waals surface area contributed by atoms with E-state index in [0.717, 1.165) is 25.0 Å². The topological polar surface area (TPSA) is 18.5 Å². The van der Waals surface area contributed by atoms with Crippen molar-refractivity contribution in [2.24, 2.45) is 0 Å². The van der Waals surface area contributed by atoms with Gasteiger partial charge in [0.1, 0.15) is 0 Å². The third kappa shape index (κ3) is 5.05. The summed E-state index contributed by atoms with van der Waals surface area (Å²) in [6.45, 7) is 10.00. The molecule has 0 aromatic carbocycles. The highest BCUT2D eigenvalue weighted by Gasteiger charge is 2.35. The second kappa shape index (κ2) is 7.85. The van der Waals surface area contributed by atoms with Gasteiger partial charge in [-0.05, 0) is 32.1 Å². The second-order valence-corrected chi connectivity index (χ2v) is 8.83. The maximum atomic E-state index is 5.80. The van der Waals surface area contributed by atoms with Crippen LogP contribution in [0.1, 0.15) is 34.1 Å². The molecule has 0 radical (unpaired) electrons. The fraction of sp³-hybridized carbons (Fsp3) is 1.00. The molecule has 0 heterocycles. The molecule has 2 nitrogen and oxygen atoms in total. The molecule has 0 N–H and O–H groups in total. The van der Waals surface area contributed by atoms with Crippen LogP contribution in [0.4, 0.5) is 0 Å². The van der Waals surface area contributed by atoms with Crippen molar-refractivity contribution in [3.05, 3.63) is 0 Å². The average Bonchev–Trinajstić information content (AvgIpc) is 2.15. The van der Waals surface area contributed by atoms with Crippen molar-refractivity contribution in [2.75, 3.05) is 19.0 Å². The van der Waals surface area contributed by atoms with Crippen LogP contribution in [0.3, 0.4) is 0 Å². The van der Waals surface area contributed by atoms with Gasteiger partial charge in [-0.25, -0.2) is 0 Å². The Morgan fingerprint density at radius 1 is 1.00 bits per heavy atom. The Kier molecular flexibility index (Phi) is 8.14. The standard InChI is InChI=1S/C9H22O2SSi/c1-5-9-12-13(8-4,10-6-2)11-7-3/h5-9H2,1-4H3. The van der Waals surface area contributed by atoms with Crippen LogP contribution in [0, 0.1) is 0 Å². The summed E-state index contributed by atoms with van der Waals surface area (Å²) in [6, 6.07) is 1.04. The molecule has 4 heteroatoms. The zero-order chi connectivity index (χ0) is 10.2. The van der Waals surface area contributed by atoms with Gasteiger partial charge in [0.25, 0.3) is 0 Å². The van der Waals surface area contributed by atoms with E-state index in [0.29, 0.717) is 0 Å². The van der Waals surface area contributed by atoms with Crippen LogP contribution in [-0.4, -0.2) is 26.7 Å². The molecule has 0 aliphatic rings. The lowest BCUT2D eigenvalue weighted by Gasteiger charge is -2.27. The van der Waals surface area contributed by atoms with Crippen molar-refractivity contribution >= 4 is 18.9 Å². The molecular formula is C9H22O2SSi. The molecule has 0 saturated heterocycles. The Hall–Kier alpha value is 0.487. The first-order chi connectivity index (χ1) is 6.24. The van der Waals surface area contributed by atoms with Crippen LogP contribution < -0.4 is 0 Å². The van der Waals surface area contributed by atoms with E-state index in [9.17, 15) is 0 Å². The molecule has 0 aromatic rings. The van der Waals surface area contributed by atoms with E-state index in [1.807, 2.05) is 25.1 Å². The van der Waals surface area contributed by atoms with Crippen molar-refractivity contribution in [1.29, 1.82) is 0 Å². The van der Waals surface area contributed by atoms with Gasteiger partial charge in [0.15, 0.2) is 0 Å². The molecule has 0 aromatic heterocycles. The lowest BCUT2D eigenvalue weighted by atomic mass is 10.6. The normalized spacial score (nSPS) is 12.0. The smallest absolute Gasteiger partial charge is 0.387 e. The van der Waals surface area contributed by atoms with Crippen molar-refractivity contribution in [2.45, 2.75) is 40.2 Å². The van der Waals surface area contributed by atoms with E-state index in [1.165, 1.54) is 6.42 Å². The van der Waals surface area contributed by atoms with E-state index in [4.69, 9.17) is 8.85 Å². The first-order valence-electron chi connectivity index (χ1n) is 5.16. The van der Waals surface area contributed by atoms with Crippen molar-refractivity contribution in [1.82, 2.24) is 0 Å². The van der Waals surface area contributed by atoms with E-state index >= 15 is 0 Å². The van der Waals surface area contributed by atoms with Crippen molar-refractivity contribution in [3.63, 3.8) is 0 Å². The fourth-order valence-electron chi connectivity index (χ4n) is 1.13. The summed E-state index contributed by atoms with van der Waals surface area (Å²) in [5.41, 5.74) is 0. The monoisotopic (exact) mass is 222 g/mol. The zero-order valence-corrected chi connectivity index (χ0v) is 11.1. The summed E-state index contributed by atoms with van der Waals surface area (Å²) >= 11 is 1.91. The molecule has 0 bridgehead atoms. The first-order valence-corrected chi connectivity index (χ1v) is 8.89. The minimum Gasteiger partial charge on any atom is -0.387 e. The van der Waals surface area contributed by atoms with Crippen LogP contribution in [0.15, 0.2) is 0 Å². The molecule has 0 aliphatic carbocycles. The SMILES string of the molecule is CCCS[Si](CC)(OCC)OCC. The van der Waals surface area contributed by atoms with Gasteiger partial charge in [-0.15, -0.1) is 11.2 Å². The fourth-order valence-corrected chi connectivity index (χ4v) is 6.75. The minimum atomic E-state index is -1.87. The van der Waals surface area contributed by atoms with Crippen molar-refractivity contribution < 1.29 is 8.85 Å². The van der Waals surface area contributed by atoms with E-state index in [1.54, 1.807) is 0 Å². The maximum Gasteiger partial charge on any atom is 0.405 e. The second-order valence-electron chi connectivity index (χ2n) is 2.75. The lowest BCUT2D eigenvalue weighted by molar-refractivity contribution is 0.206. The maximum absolute atomic E-state index is 5.80. The van der Waals surface area contributed by atoms with Crippen LogP contribution in [-0.2, 0) is 8.85 Å². The molecule has 0 amide bonds. The van der Waals surface area contributed by atoms with Gasteiger partial charge >= 0.3 is 7.71 Å². The molecule has 0 atom stereocenters. The molecule has 13 heavy (non-hydrogen) atoms. The van der Waals surface area contributed by atoms with Crippen molar-refractivity contribution in [3.8, 4) is 0 Å². The highest BCUT2D eigenvalue weighted by molar-refractivity contribution is 8.27. The molecule has 0 spiro atoms. The number of hydrogen-bond acceptors (Lipinski definition) is 3. The first kappa shape index (κ1) is 13.5. The minimum absolute atomic E-state index is 0.775. The van der Waals surface area contributed by atoms with Crippen LogP contribution in [0.5, 0.6) is 0 Å². The summed E-state index contributed by atoms with van der Waals surface area (Å²) in [7, 11) is -1.87. The predicted octanol–water partition coefficient (Wildman–Crippen LogP) is 3.16. The Morgan fingerprint density at radius 3 is 1.85 bits per heavy atom. The van der Waals surface area contributed by atoms with Gasteiger partial charge in [-0.2, -0.15) is 0 Å². The van der Waals surface area contributed by atoms with Gasteiger partial charge in [-0.3, -0.25) is 0 Å². The highest BCUT2D eigenvalue weighted by atomic mass is 32.4. The molecule has 0 rings (SSSR count). The Bertz CT molecular complexity index is 116. The Morgan fingerprint density at radius 2 is 1.54 bits per heavy atom. The van der Waals surface area contributed by atoms with Crippen LogP contribution in [0.2, 0.25) is 6.04 Å². The zero-order valence-electron chi connectivity index (χ0n) is 9.26. The summed E-state index contributed by atoms with van der Waals surface area (Å²) in [4.78, 5) is 0. The summed E-state index contributed by atoms with van der Waals surface area (Å²) < 4.78 is 11.6. The Balaban J connectivity index is 4.07. The van der Waals surface area contributed by atoms with Crippen LogP contribution in [0.25, 0.3) is 0 Å². The number of hydrogen-bond donors (Lipinski definition) is 0. The summed E-state index contributed by atoms with van der Waals surface area (Å²) in [5, 5.41) is 0. The molecular weight excluding hydrogens is 200 g/mol. The molecule has 0 saturated carbocycles. The largest absolute Gasteiger partial charge is 0.405 e.